The summed E-state index contributed by atoms with van der Waals surface area (Å²) >= 11 is 2.50. The molecule has 5 N–H and O–H groups in total. The van der Waals surface area contributed by atoms with Crippen LogP contribution >= 0.6 is 23.1 Å². The molecule has 1 aromatic rings. The molecule has 19 heteroatoms. The zero-order chi connectivity index (χ0) is 34.0. The summed E-state index contributed by atoms with van der Waals surface area (Å²) in [6.45, 7) is 0.721. The van der Waals surface area contributed by atoms with Crippen LogP contribution in [-0.2, 0) is 28.8 Å². The fourth-order valence-electron chi connectivity index (χ4n) is 5.60. The van der Waals surface area contributed by atoms with Crippen molar-refractivity contribution in [2.24, 2.45) is 5.16 Å². The maximum Gasteiger partial charge on any atom is 0.490 e. The molecule has 2 saturated heterocycles. The summed E-state index contributed by atoms with van der Waals surface area (Å²) in [5.41, 5.74) is 6.79. The number of aromatic nitrogens is 1. The number of allylic oxidation sites excluding steroid dienone is 1. The fourth-order valence-corrected chi connectivity index (χ4v) is 7.45. The van der Waals surface area contributed by atoms with Gasteiger partial charge >= 0.3 is 18.1 Å². The quantitative estimate of drug-likeness (QED) is 0.134. The van der Waals surface area contributed by atoms with Gasteiger partial charge in [0.15, 0.2) is 10.8 Å². The van der Waals surface area contributed by atoms with Crippen molar-refractivity contribution in [1.82, 2.24) is 20.1 Å². The number of alkyl halides is 3. The third-order valence-corrected chi connectivity index (χ3v) is 10.00. The molecule has 6 rings (SSSR count). The summed E-state index contributed by atoms with van der Waals surface area (Å²) in [6.07, 6.45) is 3.65. The number of nitrogens with two attached hydrogens (primary N) is 1. The van der Waals surface area contributed by atoms with Crippen molar-refractivity contribution in [3.63, 3.8) is 0 Å². The Bertz CT molecular complexity index is 1550. The maximum absolute atomic E-state index is 13.3. The first-order valence-electron chi connectivity index (χ1n) is 14.7. The van der Waals surface area contributed by atoms with Crippen LogP contribution in [0.15, 0.2) is 33.5 Å². The number of nitrogens with zero attached hydrogens (tertiary/aromatic N) is 4. The number of aliphatic carboxylic acids is 2. The van der Waals surface area contributed by atoms with E-state index < -0.39 is 41.3 Å². The Balaban J connectivity index is 0.000000559. The van der Waals surface area contributed by atoms with Gasteiger partial charge in [-0.25, -0.2) is 14.6 Å². The number of amides is 3. The van der Waals surface area contributed by atoms with E-state index in [0.29, 0.717) is 17.6 Å². The van der Waals surface area contributed by atoms with E-state index >= 15 is 0 Å². The Morgan fingerprint density at radius 2 is 1.81 bits per heavy atom. The lowest BCUT2D eigenvalue weighted by atomic mass is 9.98. The number of anilines is 1. The highest BCUT2D eigenvalue weighted by Gasteiger charge is 2.54. The third-order valence-electron chi connectivity index (χ3n) is 8.02. The molecule has 2 atom stereocenters. The van der Waals surface area contributed by atoms with Crippen LogP contribution < -0.4 is 11.1 Å². The Morgan fingerprint density at radius 1 is 1.13 bits per heavy atom. The average molecular weight is 701 g/mol. The SMILES string of the molecule is Nc1nc(C(=NOC2CCCC2)C(=O)N[C@@H]2C(=O)N3C(C(=O)O)=C(C=C4CCCN(C5CC5)C4=O)CS[C@H]23)cs1.O=C(O)C(F)(F)F. The van der Waals surface area contributed by atoms with Gasteiger partial charge in [0.25, 0.3) is 11.8 Å². The summed E-state index contributed by atoms with van der Waals surface area (Å²) in [6, 6.07) is -0.663. The number of rotatable bonds is 8. The molecule has 47 heavy (non-hydrogen) atoms. The van der Waals surface area contributed by atoms with Gasteiger partial charge in [0.05, 0.1) is 0 Å². The van der Waals surface area contributed by atoms with E-state index in [1.807, 2.05) is 4.90 Å². The molecular formula is C28H31F3N6O8S2. The van der Waals surface area contributed by atoms with E-state index in [9.17, 15) is 37.5 Å². The fraction of sp³-hybridized carbons (Fsp3) is 0.536. The number of thiazole rings is 1. The molecule has 0 aromatic carbocycles. The summed E-state index contributed by atoms with van der Waals surface area (Å²) in [5, 5.41) is 25.2. The Kier molecular flexibility index (Phi) is 10.1. The van der Waals surface area contributed by atoms with Gasteiger partial charge in [-0.2, -0.15) is 13.2 Å². The normalized spacial score (nSPS) is 24.4. The zero-order valence-electron chi connectivity index (χ0n) is 24.7. The van der Waals surface area contributed by atoms with Crippen molar-refractivity contribution in [2.75, 3.05) is 18.0 Å². The van der Waals surface area contributed by atoms with Gasteiger partial charge in [0.1, 0.15) is 28.9 Å². The summed E-state index contributed by atoms with van der Waals surface area (Å²) in [5.74, 6) is -4.95. The Labute approximate surface area is 273 Å². The third kappa shape index (κ3) is 7.72. The summed E-state index contributed by atoms with van der Waals surface area (Å²) in [4.78, 5) is 73.6. The highest BCUT2D eigenvalue weighted by Crippen LogP contribution is 2.42. The van der Waals surface area contributed by atoms with Crippen LogP contribution in [0.1, 0.15) is 57.1 Å². The largest absolute Gasteiger partial charge is 0.490 e. The minimum atomic E-state index is -5.08. The number of likely N-dealkylation sites (tertiary alicyclic amines) is 1. The van der Waals surface area contributed by atoms with Gasteiger partial charge in [-0.15, -0.1) is 23.1 Å². The number of piperidine rings is 1. The number of hydrogen-bond acceptors (Lipinski definition) is 11. The zero-order valence-corrected chi connectivity index (χ0v) is 26.3. The Hall–Kier alpha value is -4.13. The van der Waals surface area contributed by atoms with Gasteiger partial charge in [-0.1, -0.05) is 5.16 Å². The predicted octanol–water partition coefficient (Wildman–Crippen LogP) is 2.47. The van der Waals surface area contributed by atoms with Crippen LogP contribution in [0.2, 0.25) is 0 Å². The molecule has 4 heterocycles. The topological polar surface area (TPSA) is 205 Å². The lowest BCUT2D eigenvalue weighted by Gasteiger charge is -2.49. The van der Waals surface area contributed by atoms with Gasteiger partial charge in [0.2, 0.25) is 5.91 Å². The number of fused-ring (bicyclic) bond motifs is 1. The number of thioether (sulfide) groups is 1. The lowest BCUT2D eigenvalue weighted by molar-refractivity contribution is -0.192. The molecule has 3 aliphatic heterocycles. The maximum atomic E-state index is 13.3. The molecule has 254 valence electrons. The smallest absolute Gasteiger partial charge is 0.477 e. The van der Waals surface area contributed by atoms with Crippen molar-refractivity contribution in [1.29, 1.82) is 0 Å². The van der Waals surface area contributed by atoms with E-state index in [1.165, 1.54) is 16.7 Å². The second-order valence-electron chi connectivity index (χ2n) is 11.4. The standard InChI is InChI=1S/C26H30N6O6S2.C2HF3O2/c27-26-28-17(12-40-26)18(30-38-16-5-1-2-6-16)21(33)29-19-23(35)32-20(25(36)37)14(11-39-24(19)32)10-13-4-3-9-31(22(13)34)15-7-8-15;3-2(4,5)1(6)7/h10,12,15-16,19,24H,1-9,11H2,(H2,27,28)(H,29,33)(H,36,37);(H,6,7)/t19-,24-;/m1./s1. The first kappa shape index (κ1) is 34.2. The summed E-state index contributed by atoms with van der Waals surface area (Å²) < 4.78 is 31.7. The van der Waals surface area contributed by atoms with Gasteiger partial charge in [-0.3, -0.25) is 19.3 Å². The lowest BCUT2D eigenvalue weighted by Crippen LogP contribution is -2.71. The molecule has 0 bridgehead atoms. The molecule has 3 amide bonds. The van der Waals surface area contributed by atoms with Crippen molar-refractivity contribution < 1.29 is 52.2 Å². The van der Waals surface area contributed by atoms with E-state index in [1.54, 1.807) is 11.5 Å². The number of carboxylic acids is 2. The number of carbonyl (C=O) groups is 5. The van der Waals surface area contributed by atoms with Crippen molar-refractivity contribution in [3.8, 4) is 0 Å². The number of carboxylic acid groups (broad SMARTS) is 2. The second kappa shape index (κ2) is 13.9. The number of nitrogens with one attached hydrogen (secondary N) is 1. The first-order chi connectivity index (χ1) is 22.3. The molecule has 2 aliphatic carbocycles. The number of oxime groups is 1. The molecule has 1 aromatic heterocycles. The number of nitrogen functional groups attached to an aromatic ring is 1. The van der Waals surface area contributed by atoms with E-state index in [-0.39, 0.29) is 46.0 Å². The van der Waals surface area contributed by atoms with Crippen LogP contribution in [-0.4, -0.2) is 102 Å². The minimum absolute atomic E-state index is 0.0486. The van der Waals surface area contributed by atoms with E-state index in [0.717, 1.165) is 62.8 Å². The highest BCUT2D eigenvalue weighted by molar-refractivity contribution is 8.00. The molecular weight excluding hydrogens is 669 g/mol. The van der Waals surface area contributed by atoms with Crippen LogP contribution in [0.4, 0.5) is 18.3 Å². The monoisotopic (exact) mass is 700 g/mol. The minimum Gasteiger partial charge on any atom is -0.477 e. The van der Waals surface area contributed by atoms with Crippen molar-refractivity contribution >= 4 is 63.6 Å². The van der Waals surface area contributed by atoms with Crippen molar-refractivity contribution in [3.05, 3.63) is 34.0 Å². The average Bonchev–Trinajstić information content (AvgIpc) is 3.55. The van der Waals surface area contributed by atoms with Crippen LogP contribution in [0.25, 0.3) is 0 Å². The molecule has 0 radical (unpaired) electrons. The molecule has 0 unspecified atom stereocenters. The summed E-state index contributed by atoms with van der Waals surface area (Å²) in [7, 11) is 0. The second-order valence-corrected chi connectivity index (χ2v) is 13.4. The Morgan fingerprint density at radius 3 is 2.38 bits per heavy atom. The van der Waals surface area contributed by atoms with Crippen LogP contribution in [0.5, 0.6) is 0 Å². The van der Waals surface area contributed by atoms with E-state index in [4.69, 9.17) is 20.5 Å². The molecule has 0 spiro atoms. The van der Waals surface area contributed by atoms with Crippen LogP contribution in [0.3, 0.4) is 0 Å². The van der Waals surface area contributed by atoms with Gasteiger partial charge in [-0.05, 0) is 63.0 Å². The van der Waals surface area contributed by atoms with Gasteiger partial charge < -0.3 is 31.0 Å². The molecule has 2 saturated carbocycles. The number of halogens is 3. The molecule has 5 aliphatic rings. The molecule has 14 nitrogen and oxygen atoms in total. The predicted molar refractivity (Wildman–Crippen MR) is 162 cm³/mol. The number of β-lactam (4-membered cyclic amide) rings is 1. The van der Waals surface area contributed by atoms with E-state index in [2.05, 4.69) is 15.5 Å². The number of hydrogen-bond donors (Lipinski definition) is 4. The molecule has 4 fully saturated rings. The van der Waals surface area contributed by atoms with Crippen molar-refractivity contribution in [2.45, 2.75) is 81.1 Å². The van der Waals surface area contributed by atoms with Gasteiger partial charge in [0, 0.05) is 29.3 Å². The van der Waals surface area contributed by atoms with Crippen LogP contribution in [0, 0.1) is 0 Å². The highest BCUT2D eigenvalue weighted by atomic mass is 32.2. The number of carbonyl (C=O) groups excluding carboxylic acids is 3. The first-order valence-corrected chi connectivity index (χ1v) is 16.7.